The molecule has 20 heavy (non-hydrogen) atoms. The first-order chi connectivity index (χ1) is 9.74. The van der Waals surface area contributed by atoms with Crippen LogP contribution in [0.1, 0.15) is 90.4 Å². The van der Waals surface area contributed by atoms with E-state index in [1.54, 1.807) is 0 Å². The summed E-state index contributed by atoms with van der Waals surface area (Å²) < 4.78 is 5.08. The Bertz CT molecular complexity index is 253. The lowest BCUT2D eigenvalue weighted by Gasteiger charge is -2.16. The Kier molecular flexibility index (Phi) is 9.73. The van der Waals surface area contributed by atoms with Crippen LogP contribution >= 0.6 is 0 Å². The number of rotatable bonds is 12. The van der Waals surface area contributed by atoms with Gasteiger partial charge >= 0.3 is 5.97 Å². The lowest BCUT2D eigenvalue weighted by molar-refractivity contribution is -0.145. The highest BCUT2D eigenvalue weighted by Gasteiger charge is 2.29. The van der Waals surface area contributed by atoms with Crippen LogP contribution in [0.2, 0.25) is 0 Å². The van der Waals surface area contributed by atoms with Crippen molar-refractivity contribution in [3.63, 3.8) is 0 Å². The lowest BCUT2D eigenvalue weighted by atomic mass is 10.0. The molecule has 0 aromatic rings. The molecule has 1 aliphatic heterocycles. The number of hydrogen-bond donors (Lipinski definition) is 1. The van der Waals surface area contributed by atoms with Crippen LogP contribution in [0.3, 0.4) is 0 Å². The summed E-state index contributed by atoms with van der Waals surface area (Å²) in [5, 5.41) is 9.91. The van der Waals surface area contributed by atoms with Gasteiger partial charge in [-0.25, -0.2) is 0 Å². The van der Waals surface area contributed by atoms with Gasteiger partial charge in [-0.05, 0) is 12.8 Å². The summed E-state index contributed by atoms with van der Waals surface area (Å²) in [5.74, 6) is -0.155. The van der Waals surface area contributed by atoms with Gasteiger partial charge in [-0.15, -0.1) is 0 Å². The van der Waals surface area contributed by atoms with Crippen LogP contribution in [-0.4, -0.2) is 23.3 Å². The summed E-state index contributed by atoms with van der Waals surface area (Å²) >= 11 is 0. The van der Waals surface area contributed by atoms with E-state index in [2.05, 4.69) is 6.92 Å². The number of aliphatic hydroxyl groups excluding tert-OH is 1. The standard InChI is InChI=1S/C17H32O3/c1-2-3-4-5-6-7-8-9-10-11-12-15(18)16-13-14-17(19)20-16/h15-16,18H,2-14H2,1H3. The third-order valence-corrected chi connectivity index (χ3v) is 4.20. The zero-order chi connectivity index (χ0) is 14.6. The smallest absolute Gasteiger partial charge is 0.306 e. The van der Waals surface area contributed by atoms with Gasteiger partial charge in [0.2, 0.25) is 0 Å². The van der Waals surface area contributed by atoms with Gasteiger partial charge in [0, 0.05) is 6.42 Å². The predicted octanol–water partition coefficient (Wildman–Crippen LogP) is 4.36. The summed E-state index contributed by atoms with van der Waals surface area (Å²) in [7, 11) is 0. The van der Waals surface area contributed by atoms with Gasteiger partial charge in [-0.3, -0.25) is 4.79 Å². The number of unbranched alkanes of at least 4 members (excludes halogenated alkanes) is 9. The van der Waals surface area contributed by atoms with Crippen molar-refractivity contribution >= 4 is 5.97 Å². The van der Waals surface area contributed by atoms with Crippen LogP contribution in [-0.2, 0) is 9.53 Å². The number of ether oxygens (including phenoxy) is 1. The molecule has 3 nitrogen and oxygen atoms in total. The zero-order valence-corrected chi connectivity index (χ0v) is 13.1. The molecule has 0 amide bonds. The van der Waals surface area contributed by atoms with Crippen molar-refractivity contribution in [3.05, 3.63) is 0 Å². The van der Waals surface area contributed by atoms with Crippen molar-refractivity contribution in [1.82, 2.24) is 0 Å². The Balaban J connectivity index is 1.83. The molecule has 118 valence electrons. The van der Waals surface area contributed by atoms with Gasteiger partial charge in [-0.1, -0.05) is 71.1 Å². The molecule has 0 spiro atoms. The number of carbonyl (C=O) groups excluding carboxylic acids is 1. The van der Waals surface area contributed by atoms with Crippen LogP contribution in [0.4, 0.5) is 0 Å². The number of carbonyl (C=O) groups is 1. The van der Waals surface area contributed by atoms with Crippen LogP contribution in [0.15, 0.2) is 0 Å². The maximum absolute atomic E-state index is 11.0. The van der Waals surface area contributed by atoms with Crippen LogP contribution in [0.5, 0.6) is 0 Å². The normalized spacial score (nSPS) is 20.1. The molecule has 2 unspecified atom stereocenters. The molecule has 1 aliphatic rings. The first-order valence-corrected chi connectivity index (χ1v) is 8.61. The molecule has 0 aliphatic carbocycles. The quantitative estimate of drug-likeness (QED) is 0.428. The highest BCUT2D eigenvalue weighted by atomic mass is 16.6. The molecular weight excluding hydrogens is 252 g/mol. The van der Waals surface area contributed by atoms with Gasteiger partial charge in [0.25, 0.3) is 0 Å². The Hall–Kier alpha value is -0.570. The highest BCUT2D eigenvalue weighted by Crippen LogP contribution is 2.20. The largest absolute Gasteiger partial charge is 0.460 e. The van der Waals surface area contributed by atoms with Gasteiger partial charge in [0.15, 0.2) is 0 Å². The number of aliphatic hydroxyl groups is 1. The van der Waals surface area contributed by atoms with E-state index in [-0.39, 0.29) is 12.1 Å². The van der Waals surface area contributed by atoms with Gasteiger partial charge in [0.05, 0.1) is 6.10 Å². The monoisotopic (exact) mass is 284 g/mol. The molecule has 0 saturated carbocycles. The fourth-order valence-electron chi connectivity index (χ4n) is 2.84. The second-order valence-electron chi connectivity index (χ2n) is 6.10. The van der Waals surface area contributed by atoms with Gasteiger partial charge in [-0.2, -0.15) is 0 Å². The van der Waals surface area contributed by atoms with E-state index >= 15 is 0 Å². The maximum Gasteiger partial charge on any atom is 0.306 e. The SMILES string of the molecule is CCCCCCCCCCCCC(O)C1CCC(=O)O1. The molecular formula is C17H32O3. The molecule has 1 heterocycles. The van der Waals surface area contributed by atoms with Crippen molar-refractivity contribution in [3.8, 4) is 0 Å². The molecule has 0 aromatic heterocycles. The van der Waals surface area contributed by atoms with Crippen molar-refractivity contribution in [2.45, 2.75) is 103 Å². The van der Waals surface area contributed by atoms with E-state index in [9.17, 15) is 9.90 Å². The first-order valence-electron chi connectivity index (χ1n) is 8.61. The Labute approximate surface area is 124 Å². The van der Waals surface area contributed by atoms with E-state index in [1.165, 1.54) is 57.8 Å². The van der Waals surface area contributed by atoms with Crippen molar-refractivity contribution < 1.29 is 14.6 Å². The molecule has 0 aromatic carbocycles. The molecule has 0 radical (unpaired) electrons. The second-order valence-corrected chi connectivity index (χ2v) is 6.10. The topological polar surface area (TPSA) is 46.5 Å². The third-order valence-electron chi connectivity index (χ3n) is 4.20. The summed E-state index contributed by atoms with van der Waals surface area (Å²) in [4.78, 5) is 11.0. The fourth-order valence-corrected chi connectivity index (χ4v) is 2.84. The summed E-state index contributed by atoms with van der Waals surface area (Å²) in [5.41, 5.74) is 0. The maximum atomic E-state index is 11.0. The van der Waals surface area contributed by atoms with E-state index in [1.807, 2.05) is 0 Å². The number of cyclic esters (lactones) is 1. The van der Waals surface area contributed by atoms with Gasteiger partial charge in [0.1, 0.15) is 6.10 Å². The average Bonchev–Trinajstić information content (AvgIpc) is 2.87. The van der Waals surface area contributed by atoms with Crippen LogP contribution in [0.25, 0.3) is 0 Å². The van der Waals surface area contributed by atoms with Crippen molar-refractivity contribution in [2.24, 2.45) is 0 Å². The van der Waals surface area contributed by atoms with E-state index in [4.69, 9.17) is 4.74 Å². The molecule has 1 saturated heterocycles. The van der Waals surface area contributed by atoms with E-state index in [0.717, 1.165) is 12.8 Å². The third kappa shape index (κ3) is 7.88. The van der Waals surface area contributed by atoms with E-state index in [0.29, 0.717) is 12.8 Å². The minimum Gasteiger partial charge on any atom is -0.460 e. The Morgan fingerprint density at radius 1 is 1.05 bits per heavy atom. The van der Waals surface area contributed by atoms with Crippen LogP contribution in [0, 0.1) is 0 Å². The summed E-state index contributed by atoms with van der Waals surface area (Å²) in [6.45, 7) is 2.25. The first kappa shape index (κ1) is 17.5. The van der Waals surface area contributed by atoms with Gasteiger partial charge < -0.3 is 9.84 Å². The van der Waals surface area contributed by atoms with Crippen molar-refractivity contribution in [1.29, 1.82) is 0 Å². The summed E-state index contributed by atoms with van der Waals surface area (Å²) in [6.07, 6.45) is 14.3. The molecule has 1 N–H and O–H groups in total. The average molecular weight is 284 g/mol. The molecule has 1 rings (SSSR count). The number of hydrogen-bond acceptors (Lipinski definition) is 3. The minimum atomic E-state index is -0.449. The highest BCUT2D eigenvalue weighted by molar-refractivity contribution is 5.71. The molecule has 3 heteroatoms. The second kappa shape index (κ2) is 11.1. The predicted molar refractivity (Wildman–Crippen MR) is 81.6 cm³/mol. The van der Waals surface area contributed by atoms with Crippen molar-refractivity contribution in [2.75, 3.05) is 0 Å². The zero-order valence-electron chi connectivity index (χ0n) is 13.1. The summed E-state index contributed by atoms with van der Waals surface area (Å²) in [6, 6.07) is 0. The lowest BCUT2D eigenvalue weighted by Crippen LogP contribution is -2.25. The minimum absolute atomic E-state index is 0.155. The molecule has 0 bridgehead atoms. The number of esters is 1. The molecule has 2 atom stereocenters. The Morgan fingerprint density at radius 2 is 1.60 bits per heavy atom. The fraction of sp³-hybridized carbons (Fsp3) is 0.941. The Morgan fingerprint density at radius 3 is 2.10 bits per heavy atom. The van der Waals surface area contributed by atoms with E-state index < -0.39 is 6.10 Å². The molecule has 1 fully saturated rings. The van der Waals surface area contributed by atoms with Crippen LogP contribution < -0.4 is 0 Å².